The second kappa shape index (κ2) is 9.60. The van der Waals surface area contributed by atoms with Gasteiger partial charge in [0.1, 0.15) is 24.6 Å². The fourth-order valence-corrected chi connectivity index (χ4v) is 4.38. The minimum Gasteiger partial charge on any atom is -0.461 e. The fraction of sp³-hybridized carbons (Fsp3) is 0.400. The number of ether oxygens (including phenoxy) is 2. The first-order chi connectivity index (χ1) is 14.1. The van der Waals surface area contributed by atoms with Crippen LogP contribution in [0.2, 0.25) is 0 Å². The maximum atomic E-state index is 12.9. The molecule has 8 nitrogen and oxygen atoms in total. The van der Waals surface area contributed by atoms with Crippen LogP contribution in [0.1, 0.15) is 25.3 Å². The molecular formula is C20H22N2O6S. The first-order valence-corrected chi connectivity index (χ1v) is 10.2. The lowest BCUT2D eigenvalue weighted by Crippen LogP contribution is -2.73. The first kappa shape index (κ1) is 20.9. The summed E-state index contributed by atoms with van der Waals surface area (Å²) in [5.74, 6) is -1.34. The van der Waals surface area contributed by atoms with Crippen molar-refractivity contribution in [3.8, 4) is 0 Å². The molecule has 0 bridgehead atoms. The molecule has 1 aromatic rings. The van der Waals surface area contributed by atoms with Gasteiger partial charge in [-0.15, -0.1) is 11.8 Å². The highest BCUT2D eigenvalue weighted by Gasteiger charge is 2.55. The van der Waals surface area contributed by atoms with Gasteiger partial charge in [-0.3, -0.25) is 14.4 Å². The molecule has 2 amide bonds. The van der Waals surface area contributed by atoms with Crippen molar-refractivity contribution >= 4 is 36.0 Å². The summed E-state index contributed by atoms with van der Waals surface area (Å²) in [6, 6.07) is 7.51. The van der Waals surface area contributed by atoms with Gasteiger partial charge in [-0.2, -0.15) is 0 Å². The van der Waals surface area contributed by atoms with Crippen LogP contribution in [0, 0.1) is 0 Å². The van der Waals surface area contributed by atoms with Crippen LogP contribution in [0.3, 0.4) is 0 Å². The van der Waals surface area contributed by atoms with E-state index in [0.29, 0.717) is 18.4 Å². The van der Waals surface area contributed by atoms with Gasteiger partial charge < -0.3 is 19.7 Å². The third-order valence-electron chi connectivity index (χ3n) is 4.62. The van der Waals surface area contributed by atoms with E-state index >= 15 is 0 Å². The van der Waals surface area contributed by atoms with Gasteiger partial charge in [0.2, 0.25) is 12.3 Å². The molecule has 1 fully saturated rings. The lowest BCUT2D eigenvalue weighted by atomic mass is 9.98. The molecule has 0 spiro atoms. The van der Waals surface area contributed by atoms with Crippen LogP contribution in [0.4, 0.5) is 0 Å². The molecule has 1 N–H and O–H groups in total. The number of amides is 2. The Morgan fingerprint density at radius 3 is 2.66 bits per heavy atom. The van der Waals surface area contributed by atoms with Gasteiger partial charge in [0.05, 0.1) is 0 Å². The van der Waals surface area contributed by atoms with Gasteiger partial charge in [0, 0.05) is 12.0 Å². The van der Waals surface area contributed by atoms with E-state index in [9.17, 15) is 19.2 Å². The second-order valence-electron chi connectivity index (χ2n) is 6.63. The summed E-state index contributed by atoms with van der Waals surface area (Å²) in [6.07, 6.45) is 1.40. The van der Waals surface area contributed by atoms with Crippen LogP contribution in [0.15, 0.2) is 41.3 Å². The molecule has 0 aliphatic carbocycles. The monoisotopic (exact) mass is 418 g/mol. The standard InChI is InChI=1S/C20H22N2O6S/c1-2-6-15(24)27-10-14-11-29-19-16(21-12-23)18(25)22(19)17(14)20(26)28-9-13-7-4-3-5-8-13/h3-5,7-8,11-12,16-17,19H,2,6,9-10H2,1H3,(H,21,23)/t16?,17?,19-/m0/s1. The number of thioether (sulfide) groups is 1. The highest BCUT2D eigenvalue weighted by atomic mass is 32.2. The fourth-order valence-electron chi connectivity index (χ4n) is 3.16. The molecule has 1 saturated heterocycles. The van der Waals surface area contributed by atoms with Crippen LogP contribution in [0.25, 0.3) is 0 Å². The van der Waals surface area contributed by atoms with Gasteiger partial charge >= 0.3 is 11.9 Å². The van der Waals surface area contributed by atoms with E-state index in [2.05, 4.69) is 5.32 Å². The first-order valence-electron chi connectivity index (χ1n) is 9.29. The molecule has 2 aliphatic rings. The maximum absolute atomic E-state index is 12.9. The van der Waals surface area contributed by atoms with Crippen molar-refractivity contribution in [2.24, 2.45) is 0 Å². The van der Waals surface area contributed by atoms with Gasteiger partial charge in [-0.1, -0.05) is 37.3 Å². The molecule has 2 aliphatic heterocycles. The number of fused-ring (bicyclic) bond motifs is 1. The zero-order chi connectivity index (χ0) is 20.8. The van der Waals surface area contributed by atoms with Crippen molar-refractivity contribution < 1.29 is 28.7 Å². The summed E-state index contributed by atoms with van der Waals surface area (Å²) < 4.78 is 10.7. The quantitative estimate of drug-likeness (QED) is 0.367. The molecule has 3 rings (SSSR count). The Hall–Kier alpha value is -2.81. The Kier molecular flexibility index (Phi) is 6.92. The van der Waals surface area contributed by atoms with E-state index < -0.39 is 23.4 Å². The largest absolute Gasteiger partial charge is 0.461 e. The molecule has 154 valence electrons. The van der Waals surface area contributed by atoms with Crippen LogP contribution in [-0.4, -0.2) is 53.2 Å². The molecule has 0 saturated carbocycles. The summed E-state index contributed by atoms with van der Waals surface area (Å²) in [5, 5.41) is 3.77. The Balaban J connectivity index is 1.73. The van der Waals surface area contributed by atoms with Crippen LogP contribution in [-0.2, 0) is 35.3 Å². The van der Waals surface area contributed by atoms with Crippen molar-refractivity contribution in [2.75, 3.05) is 6.61 Å². The minimum atomic E-state index is -0.989. The number of hydrogen-bond donors (Lipinski definition) is 1. The minimum absolute atomic E-state index is 0.0644. The van der Waals surface area contributed by atoms with Gasteiger partial charge in [0.15, 0.2) is 6.04 Å². The van der Waals surface area contributed by atoms with Crippen molar-refractivity contribution in [2.45, 2.75) is 43.8 Å². The van der Waals surface area contributed by atoms with E-state index in [1.807, 2.05) is 37.3 Å². The Morgan fingerprint density at radius 1 is 1.21 bits per heavy atom. The number of nitrogens with zero attached hydrogens (tertiary/aromatic N) is 1. The second-order valence-corrected chi connectivity index (χ2v) is 7.62. The number of β-lactam (4-membered cyclic amide) rings is 1. The highest BCUT2D eigenvalue weighted by Crippen LogP contribution is 2.40. The Labute approximate surface area is 172 Å². The smallest absolute Gasteiger partial charge is 0.333 e. The molecule has 2 unspecified atom stereocenters. The molecule has 9 heteroatoms. The van der Waals surface area contributed by atoms with E-state index in [0.717, 1.165) is 5.56 Å². The van der Waals surface area contributed by atoms with Crippen LogP contribution in [0.5, 0.6) is 0 Å². The molecule has 29 heavy (non-hydrogen) atoms. The van der Waals surface area contributed by atoms with E-state index in [-0.39, 0.29) is 31.5 Å². The number of nitrogens with one attached hydrogen (secondary N) is 1. The average Bonchev–Trinajstić information content (AvgIpc) is 2.74. The summed E-state index contributed by atoms with van der Waals surface area (Å²) in [5.41, 5.74) is 1.30. The predicted molar refractivity (Wildman–Crippen MR) is 105 cm³/mol. The van der Waals surface area contributed by atoms with E-state index in [1.165, 1.54) is 16.7 Å². The van der Waals surface area contributed by atoms with Crippen LogP contribution < -0.4 is 5.32 Å². The number of carbonyl (C=O) groups excluding carboxylic acids is 4. The third-order valence-corrected chi connectivity index (χ3v) is 5.83. The van der Waals surface area contributed by atoms with Gasteiger partial charge in [-0.25, -0.2) is 4.79 Å². The Morgan fingerprint density at radius 2 is 1.97 bits per heavy atom. The SMILES string of the molecule is CCCC(=O)OCC1=CS[C@H]2C(NC=O)C(=O)N2C1C(=O)OCc1ccccc1. The summed E-state index contributed by atoms with van der Waals surface area (Å²) >= 11 is 1.30. The van der Waals surface area contributed by atoms with Gasteiger partial charge in [-0.05, 0) is 17.4 Å². The number of benzene rings is 1. The molecule has 0 aromatic heterocycles. The number of esters is 2. The lowest BCUT2D eigenvalue weighted by Gasteiger charge is -2.51. The number of rotatable bonds is 9. The van der Waals surface area contributed by atoms with Crippen molar-refractivity contribution in [3.63, 3.8) is 0 Å². The number of hydrogen-bond acceptors (Lipinski definition) is 7. The lowest BCUT2D eigenvalue weighted by molar-refractivity contribution is -0.164. The predicted octanol–water partition coefficient (Wildman–Crippen LogP) is 1.36. The zero-order valence-electron chi connectivity index (χ0n) is 15.9. The third kappa shape index (κ3) is 4.61. The summed E-state index contributed by atoms with van der Waals surface area (Å²) in [6.45, 7) is 1.83. The van der Waals surface area contributed by atoms with E-state index in [4.69, 9.17) is 9.47 Å². The van der Waals surface area contributed by atoms with Crippen molar-refractivity contribution in [1.29, 1.82) is 0 Å². The maximum Gasteiger partial charge on any atom is 0.333 e. The summed E-state index contributed by atoms with van der Waals surface area (Å²) in [7, 11) is 0. The molecule has 0 radical (unpaired) electrons. The topological polar surface area (TPSA) is 102 Å². The zero-order valence-corrected chi connectivity index (χ0v) is 16.7. The molecular weight excluding hydrogens is 396 g/mol. The summed E-state index contributed by atoms with van der Waals surface area (Å²) in [4.78, 5) is 49.2. The van der Waals surface area contributed by atoms with Crippen LogP contribution >= 0.6 is 11.8 Å². The number of carbonyl (C=O) groups is 4. The molecule has 3 atom stereocenters. The molecule has 1 aromatic carbocycles. The highest BCUT2D eigenvalue weighted by molar-refractivity contribution is 8.02. The Bertz CT molecular complexity index is 812. The van der Waals surface area contributed by atoms with E-state index in [1.54, 1.807) is 5.41 Å². The van der Waals surface area contributed by atoms with Crippen molar-refractivity contribution in [1.82, 2.24) is 10.2 Å². The average molecular weight is 418 g/mol. The van der Waals surface area contributed by atoms with Gasteiger partial charge in [0.25, 0.3) is 0 Å². The molecule has 2 heterocycles. The normalized spacial score (nSPS) is 22.7. The van der Waals surface area contributed by atoms with Crippen molar-refractivity contribution in [3.05, 3.63) is 46.9 Å².